The molecule has 0 rings (SSSR count). The number of rotatable bonds is 14. The van der Waals surface area contributed by atoms with Crippen molar-refractivity contribution in [2.24, 2.45) is 0 Å². The first-order chi connectivity index (χ1) is 10.7. The third kappa shape index (κ3) is 15.0. The zero-order valence-electron chi connectivity index (χ0n) is 13.6. The molecule has 22 heavy (non-hydrogen) atoms. The highest BCUT2D eigenvalue weighted by atomic mass is 17.1. The first-order valence-electron chi connectivity index (χ1n) is 8.21. The summed E-state index contributed by atoms with van der Waals surface area (Å²) in [5.41, 5.74) is 0. The van der Waals surface area contributed by atoms with E-state index in [0.717, 1.165) is 44.9 Å². The van der Waals surface area contributed by atoms with Gasteiger partial charge in [-0.2, -0.15) is 0 Å². The highest BCUT2D eigenvalue weighted by Crippen LogP contribution is 2.08. The second-order valence-electron chi connectivity index (χ2n) is 5.27. The number of hydrogen-bond donors (Lipinski definition) is 2. The molecule has 1 atom stereocenters. The highest BCUT2D eigenvalue weighted by Gasteiger charge is 2.00. The summed E-state index contributed by atoms with van der Waals surface area (Å²) in [6.07, 6.45) is 19.6. The molecule has 2 N–H and O–H groups in total. The Bertz CT molecular complexity index is 345. The van der Waals surface area contributed by atoms with Gasteiger partial charge in [0, 0.05) is 6.42 Å². The Morgan fingerprint density at radius 3 is 2.45 bits per heavy atom. The van der Waals surface area contributed by atoms with Crippen LogP contribution in [0.5, 0.6) is 0 Å². The first-order valence-corrected chi connectivity index (χ1v) is 8.21. The fourth-order valence-electron chi connectivity index (χ4n) is 1.98. The van der Waals surface area contributed by atoms with Crippen molar-refractivity contribution in [2.75, 3.05) is 0 Å². The number of carbonyl (C=O) groups is 1. The van der Waals surface area contributed by atoms with Gasteiger partial charge in [-0.05, 0) is 32.1 Å². The van der Waals surface area contributed by atoms with E-state index in [1.165, 1.54) is 0 Å². The molecule has 0 spiro atoms. The fourth-order valence-corrected chi connectivity index (χ4v) is 1.98. The van der Waals surface area contributed by atoms with E-state index in [4.69, 9.17) is 10.4 Å². The Morgan fingerprint density at radius 1 is 1.05 bits per heavy atom. The SMILES string of the molecule is CCC=CC=CC(CC=CCCCCCCCC(=O)O)OO. The van der Waals surface area contributed by atoms with Crippen molar-refractivity contribution in [3.8, 4) is 0 Å². The van der Waals surface area contributed by atoms with E-state index in [0.29, 0.717) is 6.42 Å². The average Bonchev–Trinajstić information content (AvgIpc) is 2.50. The van der Waals surface area contributed by atoms with Gasteiger partial charge in [0.15, 0.2) is 0 Å². The molecular weight excluding hydrogens is 280 g/mol. The van der Waals surface area contributed by atoms with Gasteiger partial charge in [0.25, 0.3) is 0 Å². The van der Waals surface area contributed by atoms with Crippen LogP contribution in [0.25, 0.3) is 0 Å². The van der Waals surface area contributed by atoms with Gasteiger partial charge in [-0.1, -0.05) is 62.6 Å². The molecule has 0 radical (unpaired) electrons. The lowest BCUT2D eigenvalue weighted by Gasteiger charge is -2.04. The number of unbranched alkanes of at least 4 members (excludes halogenated alkanes) is 5. The van der Waals surface area contributed by atoms with Gasteiger partial charge in [-0.3, -0.25) is 10.1 Å². The van der Waals surface area contributed by atoms with Crippen molar-refractivity contribution >= 4 is 5.97 Å². The molecule has 0 bridgehead atoms. The van der Waals surface area contributed by atoms with Crippen LogP contribution in [0.15, 0.2) is 36.5 Å². The minimum atomic E-state index is -0.706. The van der Waals surface area contributed by atoms with Crippen LogP contribution >= 0.6 is 0 Å². The molecule has 0 aromatic rings. The standard InChI is InChI=1S/C18H30O4/c1-2-3-4-11-14-17(22-21)15-12-9-7-5-6-8-10-13-16-18(19)20/h3-4,9,11-12,14,17,21H,2,5-8,10,13,15-16H2,1H3,(H,19,20). The summed E-state index contributed by atoms with van der Waals surface area (Å²) in [5, 5.41) is 17.3. The van der Waals surface area contributed by atoms with E-state index < -0.39 is 5.97 Å². The van der Waals surface area contributed by atoms with E-state index in [-0.39, 0.29) is 12.5 Å². The highest BCUT2D eigenvalue weighted by molar-refractivity contribution is 5.66. The van der Waals surface area contributed by atoms with Gasteiger partial charge in [0.1, 0.15) is 6.10 Å². The summed E-state index contributed by atoms with van der Waals surface area (Å²) >= 11 is 0. The molecule has 0 aromatic heterocycles. The lowest BCUT2D eigenvalue weighted by Crippen LogP contribution is -2.04. The third-order valence-electron chi connectivity index (χ3n) is 3.24. The Kier molecular flexibility index (Phi) is 15.0. The molecule has 0 saturated carbocycles. The second kappa shape index (κ2) is 16.0. The Labute approximate surface area is 134 Å². The van der Waals surface area contributed by atoms with E-state index >= 15 is 0 Å². The summed E-state index contributed by atoms with van der Waals surface area (Å²) in [7, 11) is 0. The molecule has 0 heterocycles. The van der Waals surface area contributed by atoms with Crippen LogP contribution in [-0.4, -0.2) is 22.4 Å². The maximum Gasteiger partial charge on any atom is 0.303 e. The number of aliphatic carboxylic acids is 1. The molecule has 0 fully saturated rings. The summed E-state index contributed by atoms with van der Waals surface area (Å²) in [6, 6.07) is 0. The molecule has 0 amide bonds. The summed E-state index contributed by atoms with van der Waals surface area (Å²) in [4.78, 5) is 14.7. The quantitative estimate of drug-likeness (QED) is 0.153. The van der Waals surface area contributed by atoms with Crippen molar-refractivity contribution < 1.29 is 20.0 Å². The molecular formula is C18H30O4. The van der Waals surface area contributed by atoms with Crippen molar-refractivity contribution in [1.29, 1.82) is 0 Å². The summed E-state index contributed by atoms with van der Waals surface area (Å²) in [5.74, 6) is -0.706. The Hall–Kier alpha value is -1.39. The molecule has 4 heteroatoms. The van der Waals surface area contributed by atoms with Crippen molar-refractivity contribution in [2.45, 2.75) is 70.8 Å². The zero-order valence-corrected chi connectivity index (χ0v) is 13.6. The van der Waals surface area contributed by atoms with Gasteiger partial charge in [-0.25, -0.2) is 4.89 Å². The van der Waals surface area contributed by atoms with Crippen LogP contribution < -0.4 is 0 Å². The molecule has 4 nitrogen and oxygen atoms in total. The molecule has 1 unspecified atom stereocenters. The fraction of sp³-hybridized carbons (Fsp3) is 0.611. The second-order valence-corrected chi connectivity index (χ2v) is 5.27. The van der Waals surface area contributed by atoms with E-state index in [1.807, 2.05) is 30.4 Å². The van der Waals surface area contributed by atoms with Crippen molar-refractivity contribution in [3.05, 3.63) is 36.5 Å². The summed E-state index contributed by atoms with van der Waals surface area (Å²) in [6.45, 7) is 2.07. The van der Waals surface area contributed by atoms with Gasteiger partial charge < -0.3 is 5.11 Å². The predicted octanol–water partition coefficient (Wildman–Crippen LogP) is 5.13. The topological polar surface area (TPSA) is 66.8 Å². The number of carboxylic acid groups (broad SMARTS) is 1. The van der Waals surface area contributed by atoms with Crippen LogP contribution in [0.4, 0.5) is 0 Å². The van der Waals surface area contributed by atoms with Crippen LogP contribution in [0, 0.1) is 0 Å². The molecule has 0 aromatic carbocycles. The van der Waals surface area contributed by atoms with Crippen LogP contribution in [0.1, 0.15) is 64.7 Å². The normalized spacial score (nSPS) is 13.5. The number of allylic oxidation sites excluding steroid dienone is 4. The van der Waals surface area contributed by atoms with Gasteiger partial charge in [0.05, 0.1) is 0 Å². The third-order valence-corrected chi connectivity index (χ3v) is 3.24. The molecule has 0 aliphatic rings. The number of hydrogen-bond acceptors (Lipinski definition) is 3. The van der Waals surface area contributed by atoms with Crippen molar-refractivity contribution in [1.82, 2.24) is 0 Å². The molecule has 0 aliphatic carbocycles. The summed E-state index contributed by atoms with van der Waals surface area (Å²) < 4.78 is 0. The average molecular weight is 310 g/mol. The molecule has 0 aliphatic heterocycles. The van der Waals surface area contributed by atoms with E-state index in [1.54, 1.807) is 0 Å². The van der Waals surface area contributed by atoms with Crippen LogP contribution in [0.3, 0.4) is 0 Å². The van der Waals surface area contributed by atoms with E-state index in [2.05, 4.69) is 17.9 Å². The van der Waals surface area contributed by atoms with Gasteiger partial charge in [0.2, 0.25) is 0 Å². The van der Waals surface area contributed by atoms with Crippen molar-refractivity contribution in [3.63, 3.8) is 0 Å². The minimum Gasteiger partial charge on any atom is -0.481 e. The smallest absolute Gasteiger partial charge is 0.303 e. The zero-order chi connectivity index (χ0) is 16.5. The van der Waals surface area contributed by atoms with Gasteiger partial charge in [-0.15, -0.1) is 0 Å². The number of carboxylic acids is 1. The molecule has 126 valence electrons. The molecule has 0 saturated heterocycles. The van der Waals surface area contributed by atoms with Gasteiger partial charge >= 0.3 is 5.97 Å². The Balaban J connectivity index is 3.57. The van der Waals surface area contributed by atoms with Crippen LogP contribution in [-0.2, 0) is 9.68 Å². The lowest BCUT2D eigenvalue weighted by molar-refractivity contribution is -0.264. The maximum absolute atomic E-state index is 10.3. The monoisotopic (exact) mass is 310 g/mol. The Morgan fingerprint density at radius 2 is 1.77 bits per heavy atom. The van der Waals surface area contributed by atoms with E-state index in [9.17, 15) is 4.79 Å². The maximum atomic E-state index is 10.3. The minimum absolute atomic E-state index is 0.281. The predicted molar refractivity (Wildman–Crippen MR) is 89.8 cm³/mol. The first kappa shape index (κ1) is 20.6. The largest absolute Gasteiger partial charge is 0.481 e. The lowest BCUT2D eigenvalue weighted by atomic mass is 10.1. The van der Waals surface area contributed by atoms with Crippen LogP contribution in [0.2, 0.25) is 0 Å².